The van der Waals surface area contributed by atoms with Crippen LogP contribution in [0.4, 0.5) is 5.95 Å². The number of nitrogen functional groups attached to an aromatic ring is 1. The zero-order chi connectivity index (χ0) is 6.69. The average molecular weight is 128 g/mol. The second kappa shape index (κ2) is 2.07. The lowest BCUT2D eigenvalue weighted by Gasteiger charge is -1.92. The van der Waals surface area contributed by atoms with Gasteiger partial charge in [-0.25, -0.2) is 5.43 Å². The molecule has 0 atom stereocenters. The first-order chi connectivity index (χ1) is 4.34. The van der Waals surface area contributed by atoms with Crippen molar-refractivity contribution in [2.24, 2.45) is 0 Å². The molecule has 0 bridgehead atoms. The molecule has 48 valence electrons. The van der Waals surface area contributed by atoms with Gasteiger partial charge in [-0.05, 0) is 10.4 Å². The molecule has 0 aliphatic carbocycles. The summed E-state index contributed by atoms with van der Waals surface area (Å²) in [5.74, 6) is 0.0436. The molecule has 9 heavy (non-hydrogen) atoms. The fourth-order valence-electron chi connectivity index (χ4n) is 0.336. The molecule has 0 radical (unpaired) electrons. The number of amides is 1. The molecule has 0 spiro atoms. The van der Waals surface area contributed by atoms with Crippen LogP contribution in [0, 0.1) is 0 Å². The van der Waals surface area contributed by atoms with Gasteiger partial charge in [0.15, 0.2) is 0 Å². The van der Waals surface area contributed by atoms with Gasteiger partial charge in [0.2, 0.25) is 6.41 Å². The second-order valence-corrected chi connectivity index (χ2v) is 1.20. The number of rotatable bonds is 2. The second-order valence-electron chi connectivity index (χ2n) is 1.20. The van der Waals surface area contributed by atoms with E-state index in [1.807, 2.05) is 0 Å². The van der Waals surface area contributed by atoms with Gasteiger partial charge in [0.05, 0.1) is 0 Å². The Morgan fingerprint density at radius 3 is 3.00 bits per heavy atom. The van der Waals surface area contributed by atoms with Gasteiger partial charge >= 0.3 is 0 Å². The van der Waals surface area contributed by atoms with Gasteiger partial charge in [-0.15, -0.1) is 4.79 Å². The molecule has 0 aromatic carbocycles. The van der Waals surface area contributed by atoms with Gasteiger partial charge in [-0.3, -0.25) is 4.79 Å². The summed E-state index contributed by atoms with van der Waals surface area (Å²) in [5, 5.41) is 9.74. The third-order valence-electron chi connectivity index (χ3n) is 0.669. The van der Waals surface area contributed by atoms with E-state index in [9.17, 15) is 4.79 Å². The molecule has 1 aromatic heterocycles. The van der Waals surface area contributed by atoms with Gasteiger partial charge in [0, 0.05) is 0 Å². The molecule has 0 aliphatic heterocycles. The van der Waals surface area contributed by atoms with E-state index >= 15 is 0 Å². The predicted molar refractivity (Wildman–Crippen MR) is 27.7 cm³/mol. The Morgan fingerprint density at radius 1 is 1.78 bits per heavy atom. The van der Waals surface area contributed by atoms with Gasteiger partial charge in [0.1, 0.15) is 0 Å². The summed E-state index contributed by atoms with van der Waals surface area (Å²) < 4.78 is 0. The van der Waals surface area contributed by atoms with Crippen LogP contribution in [0.15, 0.2) is 0 Å². The Hall–Kier alpha value is -1.66. The fraction of sp³-hybridized carbons (Fsp3) is 0. The van der Waals surface area contributed by atoms with Crippen LogP contribution in [0.2, 0.25) is 0 Å². The highest BCUT2D eigenvalue weighted by Crippen LogP contribution is 1.83. The van der Waals surface area contributed by atoms with Gasteiger partial charge in [0.25, 0.3) is 5.95 Å². The zero-order valence-electron chi connectivity index (χ0n) is 4.35. The maximum Gasteiger partial charge on any atom is 0.260 e. The van der Waals surface area contributed by atoms with Crippen molar-refractivity contribution in [2.75, 3.05) is 11.2 Å². The minimum absolute atomic E-state index is 0.0436. The molecule has 7 heteroatoms. The lowest BCUT2D eigenvalue weighted by molar-refractivity contribution is -0.106. The van der Waals surface area contributed by atoms with Crippen LogP contribution in [0.25, 0.3) is 0 Å². The topological polar surface area (TPSA) is 98.7 Å². The van der Waals surface area contributed by atoms with Crippen molar-refractivity contribution in [1.29, 1.82) is 0 Å². The van der Waals surface area contributed by atoms with Crippen LogP contribution in [0.3, 0.4) is 0 Å². The van der Waals surface area contributed by atoms with Crippen LogP contribution < -0.4 is 11.2 Å². The van der Waals surface area contributed by atoms with Gasteiger partial charge in [-0.1, -0.05) is 5.10 Å². The summed E-state index contributed by atoms with van der Waals surface area (Å²) in [6.45, 7) is 0. The van der Waals surface area contributed by atoms with E-state index in [4.69, 9.17) is 5.73 Å². The number of nitrogens with zero attached hydrogens (tertiary/aromatic N) is 4. The van der Waals surface area contributed by atoms with Crippen molar-refractivity contribution in [1.82, 2.24) is 20.3 Å². The maximum absolute atomic E-state index is 9.74. The van der Waals surface area contributed by atoms with Crippen molar-refractivity contribution >= 4 is 12.4 Å². The average Bonchev–Trinajstić information content (AvgIpc) is 2.18. The largest absolute Gasteiger partial charge is 0.365 e. The number of carbonyl (C=O) groups is 1. The number of nitrogens with one attached hydrogen (secondary N) is 1. The van der Waals surface area contributed by atoms with Crippen LogP contribution in [0.1, 0.15) is 0 Å². The SMILES string of the molecule is Nc1nnnn1NC=O. The van der Waals surface area contributed by atoms with Crippen molar-refractivity contribution in [3.8, 4) is 0 Å². The molecule has 1 aromatic rings. The normalized spacial score (nSPS) is 8.89. The molecule has 7 nitrogen and oxygen atoms in total. The van der Waals surface area contributed by atoms with Gasteiger partial charge < -0.3 is 5.73 Å². The third-order valence-corrected chi connectivity index (χ3v) is 0.669. The molecular formula is C2H4N6O. The molecular weight excluding hydrogens is 124 g/mol. The zero-order valence-corrected chi connectivity index (χ0v) is 4.35. The standard InChI is InChI=1S/C2H4N6O/c3-2-5-6-7-8(2)4-1-9/h1H,(H,4,9)(H2,3,5,7). The Balaban J connectivity index is 2.80. The lowest BCUT2D eigenvalue weighted by Crippen LogP contribution is -2.16. The van der Waals surface area contributed by atoms with E-state index in [1.54, 1.807) is 0 Å². The smallest absolute Gasteiger partial charge is 0.260 e. The van der Waals surface area contributed by atoms with Gasteiger partial charge in [-0.2, -0.15) is 0 Å². The van der Waals surface area contributed by atoms with E-state index in [2.05, 4.69) is 21.0 Å². The lowest BCUT2D eigenvalue weighted by atomic mass is 11.1. The quantitative estimate of drug-likeness (QED) is 0.447. The van der Waals surface area contributed by atoms with E-state index in [0.29, 0.717) is 6.41 Å². The molecule has 0 saturated heterocycles. The van der Waals surface area contributed by atoms with Crippen LogP contribution in [-0.2, 0) is 4.79 Å². The first kappa shape index (κ1) is 5.48. The van der Waals surface area contributed by atoms with Crippen LogP contribution in [0.5, 0.6) is 0 Å². The van der Waals surface area contributed by atoms with E-state index < -0.39 is 0 Å². The van der Waals surface area contributed by atoms with E-state index in [-0.39, 0.29) is 5.95 Å². The van der Waals surface area contributed by atoms with Crippen molar-refractivity contribution in [3.63, 3.8) is 0 Å². The van der Waals surface area contributed by atoms with E-state index in [1.165, 1.54) is 0 Å². The molecule has 1 rings (SSSR count). The minimum Gasteiger partial charge on any atom is -0.365 e. The van der Waals surface area contributed by atoms with Crippen molar-refractivity contribution in [2.45, 2.75) is 0 Å². The number of nitrogens with two attached hydrogens (primary N) is 1. The summed E-state index contributed by atoms with van der Waals surface area (Å²) in [4.78, 5) is 10.7. The van der Waals surface area contributed by atoms with E-state index in [0.717, 1.165) is 4.79 Å². The molecule has 0 fully saturated rings. The summed E-state index contributed by atoms with van der Waals surface area (Å²) in [7, 11) is 0. The number of carbonyl (C=O) groups excluding carboxylic acids is 1. The third kappa shape index (κ3) is 0.929. The van der Waals surface area contributed by atoms with Crippen molar-refractivity contribution in [3.05, 3.63) is 0 Å². The maximum atomic E-state index is 9.74. The monoisotopic (exact) mass is 128 g/mol. The fourth-order valence-corrected chi connectivity index (χ4v) is 0.336. The highest BCUT2D eigenvalue weighted by Gasteiger charge is 1.95. The summed E-state index contributed by atoms with van der Waals surface area (Å²) in [5.41, 5.74) is 7.26. The number of aromatic nitrogens is 4. The van der Waals surface area contributed by atoms with Crippen molar-refractivity contribution < 1.29 is 4.79 Å². The summed E-state index contributed by atoms with van der Waals surface area (Å²) >= 11 is 0. The van der Waals surface area contributed by atoms with Crippen LogP contribution >= 0.6 is 0 Å². The summed E-state index contributed by atoms with van der Waals surface area (Å²) in [6, 6.07) is 0. The molecule has 1 heterocycles. The summed E-state index contributed by atoms with van der Waals surface area (Å²) in [6.07, 6.45) is 0.423. The number of hydrogen-bond donors (Lipinski definition) is 2. The Morgan fingerprint density at radius 2 is 2.56 bits per heavy atom. The highest BCUT2D eigenvalue weighted by atomic mass is 16.1. The molecule has 0 saturated carbocycles. The molecule has 0 aliphatic rings. The number of anilines is 1. The molecule has 0 unspecified atom stereocenters. The predicted octanol–water partition coefficient (Wildman–Crippen LogP) is -2.04. The Labute approximate surface area is 49.8 Å². The highest BCUT2D eigenvalue weighted by molar-refractivity contribution is 5.56. The van der Waals surface area contributed by atoms with Crippen LogP contribution in [-0.4, -0.2) is 26.7 Å². The first-order valence-corrected chi connectivity index (χ1v) is 2.08. The molecule has 1 amide bonds. The minimum atomic E-state index is 0.0436. The molecule has 3 N–H and O–H groups in total. The number of tetrazole rings is 1. The number of hydrogen-bond acceptors (Lipinski definition) is 5. The first-order valence-electron chi connectivity index (χ1n) is 2.08. The Bertz CT molecular complexity index is 205. The Kier molecular flexibility index (Phi) is 1.26.